The van der Waals surface area contributed by atoms with E-state index in [0.717, 1.165) is 25.7 Å². The Kier molecular flexibility index (Phi) is 5.75. The maximum Gasteiger partial charge on any atom is 0.321 e. The second kappa shape index (κ2) is 6.64. The van der Waals surface area contributed by atoms with E-state index in [4.69, 9.17) is 0 Å². The van der Waals surface area contributed by atoms with Crippen LogP contribution in [0, 0.1) is 0 Å². The van der Waals surface area contributed by atoms with Crippen LogP contribution in [0.4, 0.5) is 4.79 Å². The Morgan fingerprint density at radius 1 is 1.05 bits per heavy atom. The van der Waals surface area contributed by atoms with E-state index < -0.39 is 0 Å². The zero-order chi connectivity index (χ0) is 17.3. The van der Waals surface area contributed by atoms with E-state index in [0.29, 0.717) is 0 Å². The number of urea groups is 1. The molecule has 1 fully saturated rings. The molecule has 3 heteroatoms. The van der Waals surface area contributed by atoms with Crippen LogP contribution >= 0.6 is 0 Å². The monoisotopic (exact) mass is 308 g/mol. The molecule has 2 atom stereocenters. The molecular formula is C19H36N2O. The molecule has 0 bridgehead atoms. The molecular weight excluding hydrogens is 272 g/mol. The first-order valence-corrected chi connectivity index (χ1v) is 8.77. The first-order valence-electron chi connectivity index (χ1n) is 8.77. The van der Waals surface area contributed by atoms with Crippen molar-refractivity contribution in [2.24, 2.45) is 0 Å². The van der Waals surface area contributed by atoms with Crippen LogP contribution in [0.15, 0.2) is 12.2 Å². The highest BCUT2D eigenvalue weighted by Crippen LogP contribution is 2.39. The van der Waals surface area contributed by atoms with Crippen molar-refractivity contribution in [1.29, 1.82) is 0 Å². The van der Waals surface area contributed by atoms with Crippen molar-refractivity contribution in [1.82, 2.24) is 9.80 Å². The molecule has 0 unspecified atom stereocenters. The predicted octanol–water partition coefficient (Wildman–Crippen LogP) is 5.21. The van der Waals surface area contributed by atoms with E-state index in [9.17, 15) is 4.79 Å². The fraction of sp³-hybridized carbons (Fsp3) is 0.842. The Morgan fingerprint density at radius 2 is 1.55 bits per heavy atom. The van der Waals surface area contributed by atoms with Gasteiger partial charge in [0.25, 0.3) is 0 Å². The predicted molar refractivity (Wildman–Crippen MR) is 95.1 cm³/mol. The quantitative estimate of drug-likeness (QED) is 0.639. The standard InChI is InChI=1S/C19H36N2O/c1-10-12-13-14(3)16-15(11-2)20(18(4,5)6)17(22)21(16)19(7,8)9/h15-16H,3,10-13H2,1-2,4-9H3/t15-,16-/m1/s1. The highest BCUT2D eigenvalue weighted by Gasteiger charge is 2.52. The lowest BCUT2D eigenvalue weighted by atomic mass is 9.90. The summed E-state index contributed by atoms with van der Waals surface area (Å²) in [4.78, 5) is 17.3. The van der Waals surface area contributed by atoms with E-state index in [1.165, 1.54) is 5.57 Å². The van der Waals surface area contributed by atoms with Crippen LogP contribution in [0.3, 0.4) is 0 Å². The Bertz CT molecular complexity index is 414. The van der Waals surface area contributed by atoms with Crippen molar-refractivity contribution in [3.63, 3.8) is 0 Å². The maximum absolute atomic E-state index is 13.2. The van der Waals surface area contributed by atoms with Crippen LogP contribution < -0.4 is 0 Å². The van der Waals surface area contributed by atoms with Gasteiger partial charge in [-0.15, -0.1) is 0 Å². The molecule has 0 radical (unpaired) electrons. The van der Waals surface area contributed by atoms with Gasteiger partial charge in [0, 0.05) is 11.1 Å². The fourth-order valence-corrected chi connectivity index (χ4v) is 3.59. The fourth-order valence-electron chi connectivity index (χ4n) is 3.59. The molecule has 1 saturated heterocycles. The summed E-state index contributed by atoms with van der Waals surface area (Å²) in [6, 6.07) is 0.508. The van der Waals surface area contributed by atoms with Crippen LogP contribution in [0.25, 0.3) is 0 Å². The van der Waals surface area contributed by atoms with Crippen molar-refractivity contribution >= 4 is 6.03 Å². The van der Waals surface area contributed by atoms with E-state index in [1.54, 1.807) is 0 Å². The van der Waals surface area contributed by atoms with Crippen LogP contribution in [-0.2, 0) is 0 Å². The molecule has 22 heavy (non-hydrogen) atoms. The Morgan fingerprint density at radius 3 is 1.91 bits per heavy atom. The summed E-state index contributed by atoms with van der Waals surface area (Å²) in [5, 5.41) is 0. The largest absolute Gasteiger partial charge is 0.321 e. The molecule has 0 aromatic carbocycles. The van der Waals surface area contributed by atoms with Gasteiger partial charge in [-0.25, -0.2) is 4.79 Å². The summed E-state index contributed by atoms with van der Waals surface area (Å²) in [7, 11) is 0. The highest BCUT2D eigenvalue weighted by atomic mass is 16.2. The van der Waals surface area contributed by atoms with E-state index in [2.05, 4.69) is 71.8 Å². The lowest BCUT2D eigenvalue weighted by Crippen LogP contribution is -2.50. The van der Waals surface area contributed by atoms with Crippen molar-refractivity contribution in [2.45, 2.75) is 104 Å². The number of rotatable bonds is 5. The molecule has 1 aliphatic rings. The van der Waals surface area contributed by atoms with Gasteiger partial charge in [-0.2, -0.15) is 0 Å². The van der Waals surface area contributed by atoms with Gasteiger partial charge in [0.2, 0.25) is 0 Å². The molecule has 2 amide bonds. The minimum absolute atomic E-state index is 0.128. The van der Waals surface area contributed by atoms with Gasteiger partial charge in [-0.05, 0) is 60.8 Å². The van der Waals surface area contributed by atoms with Crippen molar-refractivity contribution in [3.05, 3.63) is 12.2 Å². The number of amides is 2. The molecule has 3 nitrogen and oxygen atoms in total. The van der Waals surface area contributed by atoms with Crippen LogP contribution in [0.5, 0.6) is 0 Å². The van der Waals surface area contributed by atoms with Crippen molar-refractivity contribution in [2.75, 3.05) is 0 Å². The highest BCUT2D eigenvalue weighted by molar-refractivity contribution is 5.80. The van der Waals surface area contributed by atoms with Gasteiger partial charge in [0.15, 0.2) is 0 Å². The lowest BCUT2D eigenvalue weighted by Gasteiger charge is -2.38. The molecule has 1 aliphatic heterocycles. The number of carbonyl (C=O) groups is 1. The molecule has 0 spiro atoms. The van der Waals surface area contributed by atoms with Crippen LogP contribution in [0.1, 0.15) is 81.1 Å². The van der Waals surface area contributed by atoms with Gasteiger partial charge in [0.05, 0.1) is 12.1 Å². The summed E-state index contributed by atoms with van der Waals surface area (Å²) in [6.45, 7) is 21.5. The molecule has 0 N–H and O–H groups in total. The minimum Gasteiger partial charge on any atom is -0.314 e. The zero-order valence-electron chi connectivity index (χ0n) is 16.0. The first kappa shape index (κ1) is 19.1. The summed E-state index contributed by atoms with van der Waals surface area (Å²) in [5.74, 6) is 0. The Balaban J connectivity index is 3.27. The smallest absolute Gasteiger partial charge is 0.314 e. The summed E-state index contributed by atoms with van der Waals surface area (Å²) in [6.07, 6.45) is 4.28. The van der Waals surface area contributed by atoms with Gasteiger partial charge >= 0.3 is 6.03 Å². The lowest BCUT2D eigenvalue weighted by molar-refractivity contribution is 0.122. The number of unbranched alkanes of at least 4 members (excludes halogenated alkanes) is 1. The third-order valence-corrected chi connectivity index (χ3v) is 4.52. The molecule has 1 rings (SSSR count). The molecule has 0 aliphatic carbocycles. The molecule has 0 aromatic heterocycles. The van der Waals surface area contributed by atoms with Gasteiger partial charge < -0.3 is 9.80 Å². The average Bonchev–Trinajstić information content (AvgIpc) is 2.67. The number of hydrogen-bond acceptors (Lipinski definition) is 1. The molecule has 0 saturated carbocycles. The van der Waals surface area contributed by atoms with Crippen LogP contribution in [0.2, 0.25) is 0 Å². The normalized spacial score (nSPS) is 23.4. The minimum atomic E-state index is -0.190. The summed E-state index contributed by atoms with van der Waals surface area (Å²) < 4.78 is 0. The SMILES string of the molecule is C=C(CCCC)[C@@H]1[C@@H](CC)N(C(C)(C)C)C(=O)N1C(C)(C)C. The number of hydrogen-bond donors (Lipinski definition) is 0. The second-order valence-electron chi connectivity index (χ2n) is 8.55. The molecule has 128 valence electrons. The maximum atomic E-state index is 13.2. The third-order valence-electron chi connectivity index (χ3n) is 4.52. The number of carbonyl (C=O) groups excluding carboxylic acids is 1. The average molecular weight is 309 g/mol. The van der Waals surface area contributed by atoms with E-state index >= 15 is 0 Å². The topological polar surface area (TPSA) is 23.6 Å². The number of nitrogens with zero attached hydrogens (tertiary/aromatic N) is 2. The Labute approximate surface area is 137 Å². The van der Waals surface area contributed by atoms with Crippen molar-refractivity contribution < 1.29 is 4.79 Å². The molecule has 1 heterocycles. The van der Waals surface area contributed by atoms with Gasteiger partial charge in [0.1, 0.15) is 0 Å². The third kappa shape index (κ3) is 3.67. The molecule has 0 aromatic rings. The first-order chi connectivity index (χ1) is 9.96. The van der Waals surface area contributed by atoms with E-state index in [-0.39, 0.29) is 29.2 Å². The zero-order valence-corrected chi connectivity index (χ0v) is 16.0. The van der Waals surface area contributed by atoms with Crippen LogP contribution in [-0.4, -0.2) is 39.0 Å². The van der Waals surface area contributed by atoms with Crippen molar-refractivity contribution in [3.8, 4) is 0 Å². The Hall–Kier alpha value is -0.990. The summed E-state index contributed by atoms with van der Waals surface area (Å²) in [5.41, 5.74) is 0.856. The van der Waals surface area contributed by atoms with E-state index in [1.807, 2.05) is 0 Å². The van der Waals surface area contributed by atoms with Gasteiger partial charge in [-0.3, -0.25) is 0 Å². The van der Waals surface area contributed by atoms with Gasteiger partial charge in [-0.1, -0.05) is 32.4 Å². The summed E-state index contributed by atoms with van der Waals surface area (Å²) >= 11 is 0. The second-order valence-corrected chi connectivity index (χ2v) is 8.55.